The van der Waals surface area contributed by atoms with Gasteiger partial charge in [0.2, 0.25) is 11.9 Å². The minimum atomic E-state index is -2.54. The highest BCUT2D eigenvalue weighted by Crippen LogP contribution is 2.38. The first-order valence-corrected chi connectivity index (χ1v) is 11.2. The van der Waals surface area contributed by atoms with Gasteiger partial charge in [-0.1, -0.05) is 13.8 Å². The maximum absolute atomic E-state index is 13.5. The number of halogens is 2. The van der Waals surface area contributed by atoms with E-state index >= 15 is 0 Å². The molecule has 2 aromatic heterocycles. The topological polar surface area (TPSA) is 79.2 Å². The van der Waals surface area contributed by atoms with Crippen LogP contribution in [0.25, 0.3) is 0 Å². The third kappa shape index (κ3) is 4.54. The summed E-state index contributed by atoms with van der Waals surface area (Å²) in [5.74, 6) is -1.28. The number of hydrogen-bond acceptors (Lipinski definition) is 5. The molecule has 4 rings (SSSR count). The van der Waals surface area contributed by atoms with Gasteiger partial charge >= 0.3 is 6.03 Å². The molecule has 0 radical (unpaired) electrons. The molecule has 8 nitrogen and oxygen atoms in total. The molecule has 1 aliphatic carbocycles. The van der Waals surface area contributed by atoms with Gasteiger partial charge in [-0.25, -0.2) is 23.5 Å². The van der Waals surface area contributed by atoms with Crippen molar-refractivity contribution in [2.75, 3.05) is 23.8 Å². The summed E-state index contributed by atoms with van der Waals surface area (Å²) < 4.78 is 28.8. The van der Waals surface area contributed by atoms with Crippen LogP contribution in [0.5, 0.6) is 0 Å². The molecular weight excluding hydrogens is 416 g/mol. The highest BCUT2D eigenvalue weighted by atomic mass is 19.3. The van der Waals surface area contributed by atoms with E-state index in [1.54, 1.807) is 35.4 Å². The van der Waals surface area contributed by atoms with E-state index in [0.717, 1.165) is 5.69 Å². The molecule has 2 aromatic rings. The average molecular weight is 448 g/mol. The Morgan fingerprint density at radius 3 is 2.59 bits per heavy atom. The fourth-order valence-electron chi connectivity index (χ4n) is 4.46. The first kappa shape index (κ1) is 22.4. The maximum Gasteiger partial charge on any atom is 0.325 e. The van der Waals surface area contributed by atoms with Crippen LogP contribution in [0.2, 0.25) is 0 Å². The Labute approximate surface area is 187 Å². The number of amides is 2. The van der Waals surface area contributed by atoms with Gasteiger partial charge in [-0.3, -0.25) is 4.90 Å². The lowest BCUT2D eigenvalue weighted by atomic mass is 9.92. The van der Waals surface area contributed by atoms with Gasteiger partial charge in [-0.2, -0.15) is 4.98 Å². The molecule has 0 aromatic carbocycles. The van der Waals surface area contributed by atoms with E-state index in [1.165, 1.54) is 0 Å². The Morgan fingerprint density at radius 2 is 1.91 bits per heavy atom. The number of likely N-dealkylation sites (N-methyl/N-ethyl adjacent to an activating group) is 1. The van der Waals surface area contributed by atoms with Crippen molar-refractivity contribution in [2.24, 2.45) is 5.92 Å². The number of imidazole rings is 1. The van der Waals surface area contributed by atoms with Gasteiger partial charge in [-0.15, -0.1) is 0 Å². The van der Waals surface area contributed by atoms with Crippen molar-refractivity contribution in [2.45, 2.75) is 70.5 Å². The zero-order valence-corrected chi connectivity index (χ0v) is 19.0. The monoisotopic (exact) mass is 447 g/mol. The number of alkyl halides is 2. The van der Waals surface area contributed by atoms with Crippen molar-refractivity contribution < 1.29 is 13.6 Å². The van der Waals surface area contributed by atoms with Crippen LogP contribution in [-0.2, 0) is 0 Å². The van der Waals surface area contributed by atoms with E-state index in [-0.39, 0.29) is 42.9 Å². The molecule has 0 unspecified atom stereocenters. The Bertz CT molecular complexity index is 953. The van der Waals surface area contributed by atoms with Crippen molar-refractivity contribution in [1.82, 2.24) is 24.4 Å². The number of rotatable bonds is 6. The molecule has 1 N–H and O–H groups in total. The van der Waals surface area contributed by atoms with Gasteiger partial charge in [0.15, 0.2) is 0 Å². The molecule has 2 aliphatic rings. The predicted octanol–water partition coefficient (Wildman–Crippen LogP) is 4.49. The second-order valence-corrected chi connectivity index (χ2v) is 9.28. The Hall–Kier alpha value is -2.78. The summed E-state index contributed by atoms with van der Waals surface area (Å²) in [5, 5.41) is 3.25. The molecular formula is C22H31F2N7O. The van der Waals surface area contributed by atoms with Crippen molar-refractivity contribution in [1.29, 1.82) is 0 Å². The van der Waals surface area contributed by atoms with Crippen LogP contribution in [0.4, 0.5) is 25.3 Å². The summed E-state index contributed by atoms with van der Waals surface area (Å²) in [6.45, 7) is 6.79. The first-order valence-electron chi connectivity index (χ1n) is 11.2. The second kappa shape index (κ2) is 8.63. The minimum absolute atomic E-state index is 0.0474. The number of aromatic nitrogens is 4. The smallest absolute Gasteiger partial charge is 0.325 e. The van der Waals surface area contributed by atoms with Gasteiger partial charge in [0.1, 0.15) is 5.82 Å². The number of carbonyl (C=O) groups is 1. The Kier molecular flexibility index (Phi) is 6.05. The second-order valence-electron chi connectivity index (χ2n) is 9.28. The van der Waals surface area contributed by atoms with Crippen LogP contribution in [0, 0.1) is 5.92 Å². The Balaban J connectivity index is 1.45. The number of anilines is 2. The molecule has 32 heavy (non-hydrogen) atoms. The largest absolute Gasteiger partial charge is 0.346 e. The average Bonchev–Trinajstić information content (AvgIpc) is 3.34. The minimum Gasteiger partial charge on any atom is -0.346 e. The standard InChI is InChI=1S/C22H31F2N7O/c1-14(2)18-12-29(4)21(32)31(18)19-7-10-25-20(28-19)27-15(3)17-11-30(13-26-17)16-5-8-22(23,24)9-6-16/h7,10-11,13-16,18H,5-6,8-9,12H2,1-4H3,(H,25,27,28)/t15-,18+/m0/s1. The highest BCUT2D eigenvalue weighted by Gasteiger charge is 2.39. The van der Waals surface area contributed by atoms with Gasteiger partial charge < -0.3 is 14.8 Å². The van der Waals surface area contributed by atoms with Crippen LogP contribution < -0.4 is 10.2 Å². The molecule has 3 heterocycles. The van der Waals surface area contributed by atoms with E-state index in [4.69, 9.17) is 0 Å². The van der Waals surface area contributed by atoms with Crippen molar-refractivity contribution >= 4 is 17.8 Å². The molecule has 2 fully saturated rings. The molecule has 1 saturated heterocycles. The van der Waals surface area contributed by atoms with E-state index in [1.807, 2.05) is 17.7 Å². The van der Waals surface area contributed by atoms with E-state index < -0.39 is 5.92 Å². The lowest BCUT2D eigenvalue weighted by Gasteiger charge is -2.28. The molecule has 1 aliphatic heterocycles. The van der Waals surface area contributed by atoms with E-state index in [0.29, 0.717) is 31.2 Å². The van der Waals surface area contributed by atoms with Crippen LogP contribution in [-0.4, -0.2) is 56.0 Å². The molecule has 0 bridgehead atoms. The SMILES string of the molecule is CC(C)[C@H]1CN(C)C(=O)N1c1ccnc(N[C@@H](C)c2cn(C3CCC(F)(F)CC3)cn2)n1. The zero-order chi connectivity index (χ0) is 23.0. The van der Waals surface area contributed by atoms with Crippen LogP contribution >= 0.6 is 0 Å². The van der Waals surface area contributed by atoms with Crippen LogP contribution in [0.3, 0.4) is 0 Å². The molecule has 174 valence electrons. The predicted molar refractivity (Wildman–Crippen MR) is 118 cm³/mol. The summed E-state index contributed by atoms with van der Waals surface area (Å²) >= 11 is 0. The van der Waals surface area contributed by atoms with Crippen molar-refractivity contribution in [3.8, 4) is 0 Å². The van der Waals surface area contributed by atoms with Gasteiger partial charge in [0, 0.05) is 44.9 Å². The molecule has 1 saturated carbocycles. The molecule has 10 heteroatoms. The third-order valence-corrected chi connectivity index (χ3v) is 6.50. The highest BCUT2D eigenvalue weighted by molar-refractivity contribution is 5.94. The maximum atomic E-state index is 13.5. The Morgan fingerprint density at radius 1 is 1.19 bits per heavy atom. The zero-order valence-electron chi connectivity index (χ0n) is 19.0. The molecule has 0 spiro atoms. The first-order chi connectivity index (χ1) is 15.1. The number of carbonyl (C=O) groups excluding carboxylic acids is 1. The van der Waals surface area contributed by atoms with Crippen molar-refractivity contribution in [3.05, 3.63) is 30.5 Å². The number of nitrogens with one attached hydrogen (secondary N) is 1. The van der Waals surface area contributed by atoms with Crippen LogP contribution in [0.15, 0.2) is 24.8 Å². The number of nitrogens with zero attached hydrogens (tertiary/aromatic N) is 6. The third-order valence-electron chi connectivity index (χ3n) is 6.50. The van der Waals surface area contributed by atoms with E-state index in [2.05, 4.69) is 34.1 Å². The molecule has 2 atom stereocenters. The molecule has 2 amide bonds. The summed E-state index contributed by atoms with van der Waals surface area (Å²) in [5.41, 5.74) is 0.786. The van der Waals surface area contributed by atoms with Gasteiger partial charge in [-0.05, 0) is 31.7 Å². The van der Waals surface area contributed by atoms with E-state index in [9.17, 15) is 13.6 Å². The summed E-state index contributed by atoms with van der Waals surface area (Å²) in [4.78, 5) is 29.5. The van der Waals surface area contributed by atoms with Crippen LogP contribution in [0.1, 0.15) is 64.2 Å². The number of urea groups is 1. The summed E-state index contributed by atoms with van der Waals surface area (Å²) in [7, 11) is 1.80. The van der Waals surface area contributed by atoms with Gasteiger partial charge in [0.25, 0.3) is 0 Å². The number of hydrogen-bond donors (Lipinski definition) is 1. The quantitative estimate of drug-likeness (QED) is 0.706. The lowest BCUT2D eigenvalue weighted by Crippen LogP contribution is -2.38. The fourth-order valence-corrected chi connectivity index (χ4v) is 4.46. The van der Waals surface area contributed by atoms with Crippen molar-refractivity contribution in [3.63, 3.8) is 0 Å². The summed E-state index contributed by atoms with van der Waals surface area (Å²) in [6, 6.07) is 1.59. The fraction of sp³-hybridized carbons (Fsp3) is 0.636. The van der Waals surface area contributed by atoms with Gasteiger partial charge in [0.05, 0.1) is 24.1 Å². The lowest BCUT2D eigenvalue weighted by molar-refractivity contribution is -0.0439. The summed E-state index contributed by atoms with van der Waals surface area (Å²) in [6.07, 6.45) is 5.99. The normalized spacial score (nSPS) is 22.6.